The topological polar surface area (TPSA) is 3.24 Å². The molecule has 180 valence electrons. The molecule has 0 saturated carbocycles. The van der Waals surface area contributed by atoms with Crippen molar-refractivity contribution >= 4 is 32.3 Å². The van der Waals surface area contributed by atoms with Crippen molar-refractivity contribution in [1.29, 1.82) is 0 Å². The van der Waals surface area contributed by atoms with E-state index in [9.17, 15) is 0 Å². The lowest BCUT2D eigenvalue weighted by Gasteiger charge is -2.09. The van der Waals surface area contributed by atoms with Crippen molar-refractivity contribution in [3.05, 3.63) is 72.8 Å². The fraction of sp³-hybridized carbons (Fsp3) is 0.419. The van der Waals surface area contributed by atoms with E-state index in [1.165, 1.54) is 45.3 Å². The Bertz CT molecular complexity index is 733. The lowest BCUT2D eigenvalue weighted by atomic mass is 9.95. The molecule has 4 aromatic carbocycles. The van der Waals surface area contributed by atoms with Crippen molar-refractivity contribution in [2.45, 2.75) is 69.7 Å². The van der Waals surface area contributed by atoms with Crippen molar-refractivity contribution in [3.63, 3.8) is 0 Å². The SMILES string of the molecule is C.C.CC.CC.CC.CCCN(C)C.c1ccc2c(c1)c1ccccc1c1ccccc21. The predicted octanol–water partition coefficient (Wildman–Crippen LogP) is 10.5. The van der Waals surface area contributed by atoms with Gasteiger partial charge in [-0.1, -0.05) is 136 Å². The van der Waals surface area contributed by atoms with Gasteiger partial charge in [-0.2, -0.15) is 0 Å². The zero-order valence-corrected chi connectivity index (χ0v) is 20.8. The maximum atomic E-state index is 2.21. The molecule has 0 radical (unpaired) electrons. The molecule has 0 fully saturated rings. The highest BCUT2D eigenvalue weighted by molar-refractivity contribution is 6.25. The number of hydrogen-bond acceptors (Lipinski definition) is 1. The molecule has 0 aliphatic rings. The first-order valence-electron chi connectivity index (χ1n) is 11.6. The van der Waals surface area contributed by atoms with Crippen molar-refractivity contribution in [2.75, 3.05) is 20.6 Å². The fourth-order valence-corrected chi connectivity index (χ4v) is 3.31. The predicted molar refractivity (Wildman–Crippen MR) is 155 cm³/mol. The van der Waals surface area contributed by atoms with Crippen LogP contribution in [0.2, 0.25) is 0 Å². The standard InChI is InChI=1S/C18H12.C5H13N.3C2H6.2CH4/c1-2-8-14-13(7-1)15-9-3-4-11-17(15)18-12-6-5-10-16(14)18;1-4-5-6(2)3;3*1-2;;/h1-12H;4-5H2,1-3H3;3*1-2H3;2*1H4. The zero-order valence-electron chi connectivity index (χ0n) is 20.8. The first kappa shape index (κ1) is 34.2. The fourth-order valence-electron chi connectivity index (χ4n) is 3.31. The van der Waals surface area contributed by atoms with Gasteiger partial charge in [0.15, 0.2) is 0 Å². The number of benzene rings is 4. The molecule has 0 bridgehead atoms. The molecule has 0 N–H and O–H groups in total. The third-order valence-corrected chi connectivity index (χ3v) is 4.32. The van der Waals surface area contributed by atoms with Gasteiger partial charge in [0, 0.05) is 0 Å². The molecule has 1 nitrogen and oxygen atoms in total. The Balaban J connectivity index is -0.000000520. The number of nitrogens with zero attached hydrogens (tertiary/aromatic N) is 1. The molecule has 0 saturated heterocycles. The average Bonchev–Trinajstić information content (AvgIpc) is 2.83. The van der Waals surface area contributed by atoms with Crippen LogP contribution in [0, 0.1) is 0 Å². The summed E-state index contributed by atoms with van der Waals surface area (Å²) in [7, 11) is 4.17. The minimum Gasteiger partial charge on any atom is -0.309 e. The summed E-state index contributed by atoms with van der Waals surface area (Å²) >= 11 is 0. The molecule has 0 heterocycles. The molecule has 0 aliphatic carbocycles. The zero-order chi connectivity index (χ0) is 22.9. The lowest BCUT2D eigenvalue weighted by molar-refractivity contribution is 0.408. The molecule has 0 aliphatic heterocycles. The van der Waals surface area contributed by atoms with Gasteiger partial charge in [-0.05, 0) is 59.4 Å². The van der Waals surface area contributed by atoms with Crippen LogP contribution in [0.15, 0.2) is 72.8 Å². The molecular formula is C31H51N. The van der Waals surface area contributed by atoms with E-state index in [1.807, 2.05) is 41.5 Å². The molecule has 4 rings (SSSR count). The third-order valence-electron chi connectivity index (χ3n) is 4.32. The maximum absolute atomic E-state index is 2.21. The van der Waals surface area contributed by atoms with Gasteiger partial charge in [0.1, 0.15) is 0 Å². The van der Waals surface area contributed by atoms with Crippen LogP contribution in [-0.2, 0) is 0 Å². The Labute approximate surface area is 200 Å². The molecule has 1 heteroatoms. The van der Waals surface area contributed by atoms with Crippen LogP contribution in [0.25, 0.3) is 32.3 Å². The smallest absolute Gasteiger partial charge is 0.00275 e. The van der Waals surface area contributed by atoms with E-state index >= 15 is 0 Å². The van der Waals surface area contributed by atoms with Gasteiger partial charge in [0.05, 0.1) is 0 Å². The molecule has 0 atom stereocenters. The number of rotatable bonds is 2. The van der Waals surface area contributed by atoms with Crippen molar-refractivity contribution in [2.24, 2.45) is 0 Å². The maximum Gasteiger partial charge on any atom is -0.00275 e. The van der Waals surface area contributed by atoms with Gasteiger partial charge in [-0.3, -0.25) is 0 Å². The van der Waals surface area contributed by atoms with E-state index in [0.29, 0.717) is 0 Å². The highest BCUT2D eigenvalue weighted by Gasteiger charge is 2.06. The highest BCUT2D eigenvalue weighted by atomic mass is 15.0. The molecule has 32 heavy (non-hydrogen) atoms. The first-order valence-corrected chi connectivity index (χ1v) is 11.6. The monoisotopic (exact) mass is 437 g/mol. The van der Waals surface area contributed by atoms with Crippen molar-refractivity contribution in [1.82, 2.24) is 4.90 Å². The van der Waals surface area contributed by atoms with E-state index in [1.54, 1.807) is 0 Å². The first-order chi connectivity index (χ1) is 14.7. The second kappa shape index (κ2) is 20.5. The normalized spacial score (nSPS) is 8.81. The van der Waals surface area contributed by atoms with Gasteiger partial charge in [0.2, 0.25) is 0 Å². The number of hydrogen-bond donors (Lipinski definition) is 0. The van der Waals surface area contributed by atoms with Crippen molar-refractivity contribution in [3.8, 4) is 0 Å². The van der Waals surface area contributed by atoms with Gasteiger partial charge in [0.25, 0.3) is 0 Å². The lowest BCUT2D eigenvalue weighted by Crippen LogP contribution is -2.11. The summed E-state index contributed by atoms with van der Waals surface area (Å²) in [5.41, 5.74) is 0. The summed E-state index contributed by atoms with van der Waals surface area (Å²) < 4.78 is 0. The summed E-state index contributed by atoms with van der Waals surface area (Å²) in [6.45, 7) is 15.4. The quantitative estimate of drug-likeness (QED) is 0.282. The van der Waals surface area contributed by atoms with E-state index in [4.69, 9.17) is 0 Å². The Hall–Kier alpha value is -2.38. The van der Waals surface area contributed by atoms with E-state index < -0.39 is 0 Å². The molecule has 0 aromatic heterocycles. The summed E-state index contributed by atoms with van der Waals surface area (Å²) in [5.74, 6) is 0. The minimum atomic E-state index is 0. The Morgan fingerprint density at radius 1 is 0.469 bits per heavy atom. The van der Waals surface area contributed by atoms with Crippen LogP contribution < -0.4 is 0 Å². The Kier molecular flexibility index (Phi) is 22.0. The largest absolute Gasteiger partial charge is 0.309 e. The second-order valence-electron chi connectivity index (χ2n) is 6.44. The van der Waals surface area contributed by atoms with Crippen molar-refractivity contribution < 1.29 is 0 Å². The third kappa shape index (κ3) is 9.40. The van der Waals surface area contributed by atoms with Gasteiger partial charge >= 0.3 is 0 Å². The summed E-state index contributed by atoms with van der Waals surface area (Å²) in [6, 6.07) is 26.0. The van der Waals surface area contributed by atoms with Gasteiger partial charge in [-0.15, -0.1) is 0 Å². The molecule has 0 amide bonds. The van der Waals surface area contributed by atoms with Crippen LogP contribution in [0.4, 0.5) is 0 Å². The van der Waals surface area contributed by atoms with Crippen LogP contribution >= 0.6 is 0 Å². The summed E-state index contributed by atoms with van der Waals surface area (Å²) in [4.78, 5) is 2.18. The summed E-state index contributed by atoms with van der Waals surface area (Å²) in [6.07, 6.45) is 1.26. The van der Waals surface area contributed by atoms with Crippen LogP contribution in [0.3, 0.4) is 0 Å². The van der Waals surface area contributed by atoms with Gasteiger partial charge in [-0.25, -0.2) is 0 Å². The minimum absolute atomic E-state index is 0. The Morgan fingerprint density at radius 2 is 0.656 bits per heavy atom. The molecule has 0 spiro atoms. The van der Waals surface area contributed by atoms with Crippen LogP contribution in [0.5, 0.6) is 0 Å². The van der Waals surface area contributed by atoms with Crippen LogP contribution in [-0.4, -0.2) is 25.5 Å². The Morgan fingerprint density at radius 3 is 0.750 bits per heavy atom. The molecular weight excluding hydrogens is 386 g/mol. The van der Waals surface area contributed by atoms with E-state index in [2.05, 4.69) is 98.7 Å². The van der Waals surface area contributed by atoms with Gasteiger partial charge < -0.3 is 4.90 Å². The number of fused-ring (bicyclic) bond motifs is 6. The highest BCUT2D eigenvalue weighted by Crippen LogP contribution is 2.34. The van der Waals surface area contributed by atoms with E-state index in [-0.39, 0.29) is 14.9 Å². The van der Waals surface area contributed by atoms with E-state index in [0.717, 1.165) is 0 Å². The molecule has 0 unspecified atom stereocenters. The molecule has 4 aromatic rings. The second-order valence-corrected chi connectivity index (χ2v) is 6.44. The van der Waals surface area contributed by atoms with Crippen LogP contribution in [0.1, 0.15) is 69.7 Å². The average molecular weight is 438 g/mol. The summed E-state index contributed by atoms with van der Waals surface area (Å²) in [5, 5.41) is 8.04.